The smallest absolute Gasteiger partial charge is 0.254 e. The number of aromatic nitrogens is 1. The van der Waals surface area contributed by atoms with Crippen LogP contribution < -0.4 is 10.9 Å². The molecule has 1 atom stereocenters. The van der Waals surface area contributed by atoms with Crippen LogP contribution in [0, 0.1) is 5.41 Å². The molecule has 2 saturated heterocycles. The molecule has 0 aliphatic carbocycles. The quantitative estimate of drug-likeness (QED) is 0.710. The van der Waals surface area contributed by atoms with Crippen LogP contribution in [0.25, 0.3) is 0 Å². The lowest BCUT2D eigenvalue weighted by molar-refractivity contribution is 0.0433. The summed E-state index contributed by atoms with van der Waals surface area (Å²) in [5, 5.41) is 12.9. The maximum absolute atomic E-state index is 12.6. The lowest BCUT2D eigenvalue weighted by atomic mass is 9.74. The summed E-state index contributed by atoms with van der Waals surface area (Å²) in [5.74, 6) is -0.432. The lowest BCUT2D eigenvalue weighted by Gasteiger charge is -2.45. The summed E-state index contributed by atoms with van der Waals surface area (Å²) >= 11 is 0. The molecule has 3 rings (SSSR count). The topological polar surface area (TPSA) is 85.4 Å². The number of piperidine rings is 2. The molecule has 114 valence electrons. The number of carbonyl (C=O) groups excluding carboxylic acids is 1. The molecule has 1 amide bonds. The summed E-state index contributed by atoms with van der Waals surface area (Å²) in [7, 11) is 0. The molecule has 1 aromatic heterocycles. The van der Waals surface area contributed by atoms with Crippen molar-refractivity contribution in [1.29, 1.82) is 0 Å². The zero-order chi connectivity index (χ0) is 14.9. The lowest BCUT2D eigenvalue weighted by Crippen LogP contribution is -2.52. The standard InChI is InChI=1S/C15H21N3O3/c19-12-7-11(8-13(20)17-12)14(21)18-6-2-4-15(10-18)3-1-5-16-9-15/h7-8,16H,1-6,9-10H2,(H2,17,19,20). The van der Waals surface area contributed by atoms with Gasteiger partial charge < -0.3 is 15.3 Å². The fourth-order valence-electron chi connectivity index (χ4n) is 3.59. The van der Waals surface area contributed by atoms with E-state index in [2.05, 4.69) is 10.3 Å². The Bertz CT molecular complexity index is 585. The molecule has 1 aromatic rings. The molecule has 1 unspecified atom stereocenters. The molecule has 3 heterocycles. The Balaban J connectivity index is 1.79. The van der Waals surface area contributed by atoms with Gasteiger partial charge in [0.25, 0.3) is 11.5 Å². The van der Waals surface area contributed by atoms with Crippen LogP contribution in [0.5, 0.6) is 5.88 Å². The van der Waals surface area contributed by atoms with Crippen LogP contribution in [0.2, 0.25) is 0 Å². The molecule has 0 saturated carbocycles. The van der Waals surface area contributed by atoms with Crippen molar-refractivity contribution in [2.75, 3.05) is 26.2 Å². The fraction of sp³-hybridized carbons (Fsp3) is 0.600. The molecule has 2 fully saturated rings. The zero-order valence-electron chi connectivity index (χ0n) is 12.0. The number of aromatic hydroxyl groups is 1. The van der Waals surface area contributed by atoms with Gasteiger partial charge in [0.2, 0.25) is 0 Å². The average Bonchev–Trinajstić information content (AvgIpc) is 2.46. The highest BCUT2D eigenvalue weighted by Crippen LogP contribution is 2.36. The van der Waals surface area contributed by atoms with Crippen molar-refractivity contribution in [1.82, 2.24) is 15.2 Å². The van der Waals surface area contributed by atoms with E-state index in [1.165, 1.54) is 12.1 Å². The Morgan fingerprint density at radius 3 is 2.81 bits per heavy atom. The number of nitrogens with zero attached hydrogens (tertiary/aromatic N) is 1. The Hall–Kier alpha value is -1.82. The van der Waals surface area contributed by atoms with Crippen LogP contribution in [-0.2, 0) is 0 Å². The van der Waals surface area contributed by atoms with Crippen molar-refractivity contribution in [3.63, 3.8) is 0 Å². The van der Waals surface area contributed by atoms with Crippen LogP contribution in [0.3, 0.4) is 0 Å². The van der Waals surface area contributed by atoms with E-state index in [1.54, 1.807) is 0 Å². The first-order valence-electron chi connectivity index (χ1n) is 7.51. The average molecular weight is 291 g/mol. The van der Waals surface area contributed by atoms with Crippen molar-refractivity contribution < 1.29 is 9.90 Å². The third-order valence-electron chi connectivity index (χ3n) is 4.59. The number of pyridine rings is 1. The molecule has 6 nitrogen and oxygen atoms in total. The van der Waals surface area contributed by atoms with Gasteiger partial charge in [-0.1, -0.05) is 0 Å². The fourth-order valence-corrected chi connectivity index (χ4v) is 3.59. The maximum Gasteiger partial charge on any atom is 0.254 e. The SMILES string of the molecule is O=C(c1cc(O)[nH]c(=O)c1)N1CCCC2(CCCNC2)C1. The van der Waals surface area contributed by atoms with Crippen molar-refractivity contribution >= 4 is 5.91 Å². The van der Waals surface area contributed by atoms with E-state index in [1.807, 2.05) is 4.90 Å². The van der Waals surface area contributed by atoms with E-state index in [9.17, 15) is 14.7 Å². The van der Waals surface area contributed by atoms with Crippen LogP contribution >= 0.6 is 0 Å². The summed E-state index contributed by atoms with van der Waals surface area (Å²) in [6, 6.07) is 2.58. The van der Waals surface area contributed by atoms with Crippen molar-refractivity contribution in [2.45, 2.75) is 25.7 Å². The predicted octanol–water partition coefficient (Wildman–Crippen LogP) is 0.686. The summed E-state index contributed by atoms with van der Waals surface area (Å²) in [6.07, 6.45) is 4.42. The molecule has 21 heavy (non-hydrogen) atoms. The maximum atomic E-state index is 12.6. The Kier molecular flexibility index (Phi) is 3.71. The number of amides is 1. The highest BCUT2D eigenvalue weighted by Gasteiger charge is 2.38. The second-order valence-electron chi connectivity index (χ2n) is 6.23. The monoisotopic (exact) mass is 291 g/mol. The summed E-state index contributed by atoms with van der Waals surface area (Å²) in [5.41, 5.74) is -0.0171. The van der Waals surface area contributed by atoms with E-state index in [-0.39, 0.29) is 22.8 Å². The summed E-state index contributed by atoms with van der Waals surface area (Å²) in [4.78, 5) is 28.0. The Morgan fingerprint density at radius 2 is 2.10 bits per heavy atom. The van der Waals surface area contributed by atoms with Crippen molar-refractivity contribution in [2.24, 2.45) is 5.41 Å². The molecule has 0 bridgehead atoms. The van der Waals surface area contributed by atoms with Gasteiger partial charge in [-0.25, -0.2) is 0 Å². The molecular formula is C15H21N3O3. The first-order valence-corrected chi connectivity index (χ1v) is 7.51. The van der Waals surface area contributed by atoms with E-state index < -0.39 is 5.56 Å². The minimum absolute atomic E-state index is 0.166. The molecule has 1 spiro atoms. The minimum atomic E-state index is -0.454. The molecule has 3 N–H and O–H groups in total. The number of H-pyrrole nitrogens is 1. The number of likely N-dealkylation sites (tertiary alicyclic amines) is 1. The number of hydrogen-bond donors (Lipinski definition) is 3. The predicted molar refractivity (Wildman–Crippen MR) is 78.4 cm³/mol. The third kappa shape index (κ3) is 2.95. The van der Waals surface area contributed by atoms with Gasteiger partial charge in [-0.05, 0) is 32.2 Å². The number of rotatable bonds is 1. The second-order valence-corrected chi connectivity index (χ2v) is 6.23. The first-order chi connectivity index (χ1) is 10.1. The van der Waals surface area contributed by atoms with E-state index in [0.29, 0.717) is 6.54 Å². The molecule has 6 heteroatoms. The van der Waals surface area contributed by atoms with Crippen molar-refractivity contribution in [3.05, 3.63) is 28.0 Å². The number of nitrogens with one attached hydrogen (secondary N) is 2. The van der Waals surface area contributed by atoms with Gasteiger partial charge in [0, 0.05) is 37.2 Å². The Morgan fingerprint density at radius 1 is 1.29 bits per heavy atom. The van der Waals surface area contributed by atoms with Gasteiger partial charge in [0.05, 0.1) is 5.56 Å². The number of aromatic amines is 1. The largest absolute Gasteiger partial charge is 0.494 e. The van der Waals surface area contributed by atoms with Crippen LogP contribution in [0.4, 0.5) is 0 Å². The number of hydrogen-bond acceptors (Lipinski definition) is 4. The van der Waals surface area contributed by atoms with Gasteiger partial charge in [-0.3, -0.25) is 14.6 Å². The molecule has 2 aliphatic heterocycles. The second kappa shape index (κ2) is 5.52. The van der Waals surface area contributed by atoms with E-state index in [4.69, 9.17) is 0 Å². The molecule has 0 radical (unpaired) electrons. The Labute approximate surface area is 123 Å². The summed E-state index contributed by atoms with van der Waals surface area (Å²) < 4.78 is 0. The van der Waals surface area contributed by atoms with Gasteiger partial charge in [-0.15, -0.1) is 0 Å². The summed E-state index contributed by atoms with van der Waals surface area (Å²) in [6.45, 7) is 3.45. The third-order valence-corrected chi connectivity index (χ3v) is 4.59. The van der Waals surface area contributed by atoms with E-state index >= 15 is 0 Å². The van der Waals surface area contributed by atoms with Gasteiger partial charge in [-0.2, -0.15) is 0 Å². The highest BCUT2D eigenvalue weighted by molar-refractivity contribution is 5.94. The molecule has 0 aromatic carbocycles. The first kappa shape index (κ1) is 14.1. The van der Waals surface area contributed by atoms with Gasteiger partial charge >= 0.3 is 0 Å². The van der Waals surface area contributed by atoms with Gasteiger partial charge in [0.1, 0.15) is 0 Å². The van der Waals surface area contributed by atoms with E-state index in [0.717, 1.165) is 45.3 Å². The van der Waals surface area contributed by atoms with Crippen molar-refractivity contribution in [3.8, 4) is 5.88 Å². The molecular weight excluding hydrogens is 270 g/mol. The normalized spacial score (nSPS) is 26.0. The minimum Gasteiger partial charge on any atom is -0.494 e. The van der Waals surface area contributed by atoms with Gasteiger partial charge in [0.15, 0.2) is 5.88 Å². The van der Waals surface area contributed by atoms with Crippen LogP contribution in [0.15, 0.2) is 16.9 Å². The van der Waals surface area contributed by atoms with Crippen LogP contribution in [-0.4, -0.2) is 47.1 Å². The highest BCUT2D eigenvalue weighted by atomic mass is 16.3. The van der Waals surface area contributed by atoms with Crippen LogP contribution in [0.1, 0.15) is 36.0 Å². The zero-order valence-corrected chi connectivity index (χ0v) is 12.0. The molecule has 2 aliphatic rings. The number of carbonyl (C=O) groups is 1.